The number of hydrogen-bond donors (Lipinski definition) is 2. The summed E-state index contributed by atoms with van der Waals surface area (Å²) in [5, 5.41) is 3.63. The monoisotopic (exact) mass is 200 g/mol. The molecule has 0 aromatic rings. The third-order valence-corrected chi connectivity index (χ3v) is 2.62. The van der Waals surface area contributed by atoms with Gasteiger partial charge in [0.25, 0.3) is 0 Å². The molecule has 0 aromatic carbocycles. The highest BCUT2D eigenvalue weighted by Gasteiger charge is 2.37. The van der Waals surface area contributed by atoms with E-state index in [4.69, 9.17) is 10.5 Å². The number of piperidine rings is 1. The molecule has 3 heteroatoms. The second-order valence-corrected chi connectivity index (χ2v) is 5.58. The Bertz CT molecular complexity index is 174. The van der Waals surface area contributed by atoms with E-state index in [9.17, 15) is 0 Å². The van der Waals surface area contributed by atoms with Crippen molar-refractivity contribution in [1.29, 1.82) is 0 Å². The van der Waals surface area contributed by atoms with Crippen LogP contribution < -0.4 is 11.1 Å². The van der Waals surface area contributed by atoms with Crippen molar-refractivity contribution in [2.75, 3.05) is 13.2 Å². The molecule has 3 N–H and O–H groups in total. The lowest BCUT2D eigenvalue weighted by molar-refractivity contribution is -0.0183. The summed E-state index contributed by atoms with van der Waals surface area (Å²) >= 11 is 0. The van der Waals surface area contributed by atoms with Crippen LogP contribution in [0.5, 0.6) is 0 Å². The molecule has 0 radical (unpaired) electrons. The van der Waals surface area contributed by atoms with Crippen LogP contribution in [0.4, 0.5) is 0 Å². The Morgan fingerprint density at radius 3 is 2.14 bits per heavy atom. The fourth-order valence-electron chi connectivity index (χ4n) is 2.58. The van der Waals surface area contributed by atoms with Gasteiger partial charge in [0, 0.05) is 17.6 Å². The van der Waals surface area contributed by atoms with E-state index in [1.807, 2.05) is 0 Å². The lowest BCUT2D eigenvalue weighted by Crippen LogP contribution is -2.59. The van der Waals surface area contributed by atoms with Crippen molar-refractivity contribution in [2.24, 2.45) is 5.73 Å². The fraction of sp³-hybridized carbons (Fsp3) is 1.00. The lowest BCUT2D eigenvalue weighted by atomic mass is 9.81. The molecule has 0 aromatic heterocycles. The minimum atomic E-state index is 0.168. The summed E-state index contributed by atoms with van der Waals surface area (Å²) in [6.45, 7) is 10.2. The van der Waals surface area contributed by atoms with Crippen LogP contribution in [0.15, 0.2) is 0 Å². The van der Waals surface area contributed by atoms with E-state index in [1.165, 1.54) is 0 Å². The van der Waals surface area contributed by atoms with Gasteiger partial charge in [0.15, 0.2) is 0 Å². The van der Waals surface area contributed by atoms with Crippen molar-refractivity contribution in [3.05, 3.63) is 0 Å². The highest BCUT2D eigenvalue weighted by Crippen LogP contribution is 2.29. The molecule has 0 unspecified atom stereocenters. The van der Waals surface area contributed by atoms with Crippen LogP contribution in [0.1, 0.15) is 40.5 Å². The summed E-state index contributed by atoms with van der Waals surface area (Å²) < 4.78 is 5.74. The Morgan fingerprint density at radius 2 is 1.71 bits per heavy atom. The molecule has 1 saturated heterocycles. The van der Waals surface area contributed by atoms with Crippen molar-refractivity contribution in [3.8, 4) is 0 Å². The molecule has 0 aliphatic carbocycles. The van der Waals surface area contributed by atoms with Crippen LogP contribution in [0, 0.1) is 0 Å². The Hall–Kier alpha value is -0.120. The van der Waals surface area contributed by atoms with E-state index < -0.39 is 0 Å². The van der Waals surface area contributed by atoms with E-state index in [0.717, 1.165) is 12.8 Å². The minimum absolute atomic E-state index is 0.168. The normalized spacial score (nSPS) is 26.4. The van der Waals surface area contributed by atoms with Gasteiger partial charge >= 0.3 is 0 Å². The number of rotatable bonds is 3. The van der Waals surface area contributed by atoms with E-state index in [0.29, 0.717) is 19.3 Å². The molecule has 1 heterocycles. The molecule has 1 fully saturated rings. The van der Waals surface area contributed by atoms with Crippen LogP contribution in [0.3, 0.4) is 0 Å². The van der Waals surface area contributed by atoms with E-state index in [2.05, 4.69) is 33.0 Å². The van der Waals surface area contributed by atoms with E-state index in [-0.39, 0.29) is 11.1 Å². The van der Waals surface area contributed by atoms with Gasteiger partial charge in [-0.25, -0.2) is 0 Å². The standard InChI is InChI=1S/C11H24N2O/c1-10(2)7-9(14-6-5-12)8-11(3,4)13-10/h9,13H,5-8,12H2,1-4H3. The molecule has 1 rings (SSSR count). The smallest absolute Gasteiger partial charge is 0.0610 e. The summed E-state index contributed by atoms with van der Waals surface area (Å²) in [6.07, 6.45) is 2.48. The minimum Gasteiger partial charge on any atom is -0.377 e. The molecular formula is C11H24N2O. The van der Waals surface area contributed by atoms with Gasteiger partial charge in [0.1, 0.15) is 0 Å². The van der Waals surface area contributed by atoms with Gasteiger partial charge in [-0.1, -0.05) is 0 Å². The number of nitrogens with two attached hydrogens (primary N) is 1. The first-order valence-electron chi connectivity index (χ1n) is 5.46. The molecule has 1 aliphatic heterocycles. The molecule has 1 aliphatic rings. The Morgan fingerprint density at radius 1 is 1.21 bits per heavy atom. The summed E-state index contributed by atoms with van der Waals surface area (Å²) in [5.41, 5.74) is 5.78. The maximum Gasteiger partial charge on any atom is 0.0610 e. The largest absolute Gasteiger partial charge is 0.377 e. The molecular weight excluding hydrogens is 176 g/mol. The number of ether oxygens (including phenoxy) is 1. The molecule has 14 heavy (non-hydrogen) atoms. The van der Waals surface area contributed by atoms with E-state index in [1.54, 1.807) is 0 Å². The lowest BCUT2D eigenvalue weighted by Gasteiger charge is -2.46. The molecule has 0 spiro atoms. The maximum absolute atomic E-state index is 5.74. The third kappa shape index (κ3) is 3.56. The molecule has 0 saturated carbocycles. The molecule has 84 valence electrons. The second-order valence-electron chi connectivity index (χ2n) is 5.58. The highest BCUT2D eigenvalue weighted by atomic mass is 16.5. The van der Waals surface area contributed by atoms with Gasteiger partial charge in [0.2, 0.25) is 0 Å². The first kappa shape index (κ1) is 12.0. The molecule has 0 amide bonds. The zero-order valence-corrected chi connectivity index (χ0v) is 9.89. The van der Waals surface area contributed by atoms with E-state index >= 15 is 0 Å². The van der Waals surface area contributed by atoms with Crippen molar-refractivity contribution >= 4 is 0 Å². The average Bonchev–Trinajstić information content (AvgIpc) is 1.94. The Balaban J connectivity index is 2.53. The van der Waals surface area contributed by atoms with Gasteiger partial charge in [-0.3, -0.25) is 0 Å². The predicted octanol–water partition coefficient (Wildman–Crippen LogP) is 1.27. The van der Waals surface area contributed by atoms with Gasteiger partial charge in [-0.05, 0) is 40.5 Å². The van der Waals surface area contributed by atoms with Crippen molar-refractivity contribution in [1.82, 2.24) is 5.32 Å². The highest BCUT2D eigenvalue weighted by molar-refractivity contribution is 4.97. The first-order valence-corrected chi connectivity index (χ1v) is 5.46. The Kier molecular flexibility index (Phi) is 3.56. The quantitative estimate of drug-likeness (QED) is 0.721. The van der Waals surface area contributed by atoms with Gasteiger partial charge < -0.3 is 15.8 Å². The SMILES string of the molecule is CC1(C)CC(OCCN)CC(C)(C)N1. The van der Waals surface area contributed by atoms with Gasteiger partial charge in [0.05, 0.1) is 12.7 Å². The van der Waals surface area contributed by atoms with Crippen LogP contribution >= 0.6 is 0 Å². The molecule has 0 atom stereocenters. The van der Waals surface area contributed by atoms with Crippen LogP contribution in [0.2, 0.25) is 0 Å². The summed E-state index contributed by atoms with van der Waals surface area (Å²) in [5.74, 6) is 0. The second kappa shape index (κ2) is 4.17. The molecule has 0 bridgehead atoms. The summed E-state index contributed by atoms with van der Waals surface area (Å²) in [4.78, 5) is 0. The van der Waals surface area contributed by atoms with Crippen LogP contribution in [-0.2, 0) is 4.74 Å². The topological polar surface area (TPSA) is 47.3 Å². The molecule has 3 nitrogen and oxygen atoms in total. The van der Waals surface area contributed by atoms with Crippen LogP contribution in [0.25, 0.3) is 0 Å². The third-order valence-electron chi connectivity index (χ3n) is 2.62. The fourth-order valence-corrected chi connectivity index (χ4v) is 2.58. The average molecular weight is 200 g/mol. The zero-order valence-electron chi connectivity index (χ0n) is 9.89. The number of hydrogen-bond acceptors (Lipinski definition) is 3. The predicted molar refractivity (Wildman–Crippen MR) is 59.3 cm³/mol. The van der Waals surface area contributed by atoms with Crippen LogP contribution in [-0.4, -0.2) is 30.3 Å². The first-order chi connectivity index (χ1) is 6.35. The van der Waals surface area contributed by atoms with Gasteiger partial charge in [-0.15, -0.1) is 0 Å². The van der Waals surface area contributed by atoms with Crippen molar-refractivity contribution in [3.63, 3.8) is 0 Å². The van der Waals surface area contributed by atoms with Crippen molar-refractivity contribution in [2.45, 2.75) is 57.7 Å². The van der Waals surface area contributed by atoms with Crippen molar-refractivity contribution < 1.29 is 4.74 Å². The number of nitrogens with one attached hydrogen (secondary N) is 1. The zero-order chi connectivity index (χ0) is 10.8. The van der Waals surface area contributed by atoms with Gasteiger partial charge in [-0.2, -0.15) is 0 Å². The summed E-state index contributed by atoms with van der Waals surface area (Å²) in [7, 11) is 0. The summed E-state index contributed by atoms with van der Waals surface area (Å²) in [6, 6.07) is 0. The maximum atomic E-state index is 5.74. The Labute approximate surface area is 87.4 Å².